The van der Waals surface area contributed by atoms with Gasteiger partial charge in [-0.3, -0.25) is 10.1 Å². The molecule has 0 amide bonds. The van der Waals surface area contributed by atoms with Gasteiger partial charge in [0.15, 0.2) is 0 Å². The average molecular weight is 327 g/mol. The molecule has 0 bridgehead atoms. The molecule has 3 rings (SSSR count). The summed E-state index contributed by atoms with van der Waals surface area (Å²) < 4.78 is 0. The fourth-order valence-electron chi connectivity index (χ4n) is 3.29. The van der Waals surface area contributed by atoms with Gasteiger partial charge in [0, 0.05) is 19.2 Å². The summed E-state index contributed by atoms with van der Waals surface area (Å²) in [6.45, 7) is 3.09. The molecule has 0 spiro atoms. The van der Waals surface area contributed by atoms with Crippen molar-refractivity contribution in [2.75, 3.05) is 18.0 Å². The van der Waals surface area contributed by atoms with Crippen LogP contribution >= 0.6 is 0 Å². The van der Waals surface area contributed by atoms with E-state index in [-0.39, 0.29) is 5.69 Å². The molecule has 0 aliphatic carbocycles. The van der Waals surface area contributed by atoms with E-state index in [1.54, 1.807) is 13.0 Å². The number of nitro groups is 1. The number of hydrogen-bond donors (Lipinski definition) is 1. The first-order chi connectivity index (χ1) is 11.5. The van der Waals surface area contributed by atoms with Gasteiger partial charge in [-0.15, -0.1) is 0 Å². The van der Waals surface area contributed by atoms with Crippen LogP contribution in [0.4, 0.5) is 11.5 Å². The fraction of sp³-hybridized carbons (Fsp3) is 0.389. The lowest BCUT2D eigenvalue weighted by Gasteiger charge is -2.27. The highest BCUT2D eigenvalue weighted by molar-refractivity contribution is 5.47. The Morgan fingerprint density at radius 1 is 1.17 bits per heavy atom. The van der Waals surface area contributed by atoms with Crippen molar-refractivity contribution in [1.82, 2.24) is 4.98 Å². The Balaban J connectivity index is 1.79. The Morgan fingerprint density at radius 2 is 1.92 bits per heavy atom. The van der Waals surface area contributed by atoms with Gasteiger partial charge in [0.1, 0.15) is 11.5 Å². The largest absolute Gasteiger partial charge is 0.385 e. The third-order valence-electron chi connectivity index (χ3n) is 4.69. The molecule has 1 aromatic heterocycles. The molecule has 6 nitrogen and oxygen atoms in total. The monoisotopic (exact) mass is 327 g/mol. The molecule has 2 heterocycles. The van der Waals surface area contributed by atoms with Crippen LogP contribution in [-0.4, -0.2) is 28.1 Å². The molecule has 1 unspecified atom stereocenters. The highest BCUT2D eigenvalue weighted by atomic mass is 16.6. The number of rotatable bonds is 3. The van der Waals surface area contributed by atoms with E-state index in [9.17, 15) is 15.2 Å². The molecule has 126 valence electrons. The van der Waals surface area contributed by atoms with Crippen LogP contribution in [0.1, 0.15) is 30.5 Å². The number of aromatic nitrogens is 1. The van der Waals surface area contributed by atoms with Crippen molar-refractivity contribution < 1.29 is 10.0 Å². The average Bonchev–Trinajstić information content (AvgIpc) is 2.78. The van der Waals surface area contributed by atoms with E-state index in [0.717, 1.165) is 24.3 Å². The zero-order chi connectivity index (χ0) is 17.2. The SMILES string of the molecule is Cc1nc(N2CCCC(O)(c3ccccc3)CC2)ccc1[N+](=O)[O-]. The van der Waals surface area contributed by atoms with Crippen molar-refractivity contribution in [1.29, 1.82) is 0 Å². The number of anilines is 1. The predicted molar refractivity (Wildman–Crippen MR) is 92.0 cm³/mol. The van der Waals surface area contributed by atoms with Crippen LogP contribution in [-0.2, 0) is 5.60 Å². The van der Waals surface area contributed by atoms with E-state index in [0.29, 0.717) is 25.1 Å². The van der Waals surface area contributed by atoms with Gasteiger partial charge < -0.3 is 10.0 Å². The normalized spacial score (nSPS) is 21.3. The van der Waals surface area contributed by atoms with Crippen molar-refractivity contribution in [3.05, 3.63) is 63.8 Å². The second-order valence-corrected chi connectivity index (χ2v) is 6.27. The van der Waals surface area contributed by atoms with Crippen LogP contribution in [0, 0.1) is 17.0 Å². The molecule has 1 atom stereocenters. The van der Waals surface area contributed by atoms with Gasteiger partial charge in [-0.2, -0.15) is 0 Å². The molecule has 1 saturated heterocycles. The van der Waals surface area contributed by atoms with Crippen LogP contribution in [0.2, 0.25) is 0 Å². The predicted octanol–water partition coefficient (Wildman–Crippen LogP) is 3.18. The fourth-order valence-corrected chi connectivity index (χ4v) is 3.29. The minimum Gasteiger partial charge on any atom is -0.385 e. The smallest absolute Gasteiger partial charge is 0.290 e. The van der Waals surface area contributed by atoms with E-state index in [4.69, 9.17) is 0 Å². The van der Waals surface area contributed by atoms with Gasteiger partial charge in [-0.1, -0.05) is 30.3 Å². The molecule has 1 aliphatic rings. The summed E-state index contributed by atoms with van der Waals surface area (Å²) in [5, 5.41) is 21.9. The van der Waals surface area contributed by atoms with Crippen LogP contribution in [0.5, 0.6) is 0 Å². The number of hydrogen-bond acceptors (Lipinski definition) is 5. The molecular formula is C18H21N3O3. The zero-order valence-corrected chi connectivity index (χ0v) is 13.7. The Morgan fingerprint density at radius 3 is 2.58 bits per heavy atom. The number of aliphatic hydroxyl groups is 1. The zero-order valence-electron chi connectivity index (χ0n) is 13.7. The van der Waals surface area contributed by atoms with E-state index in [1.807, 2.05) is 30.3 Å². The number of aryl methyl sites for hydroxylation is 1. The van der Waals surface area contributed by atoms with Crippen molar-refractivity contribution in [3.63, 3.8) is 0 Å². The Kier molecular flexibility index (Phi) is 4.49. The molecule has 2 aromatic rings. The molecule has 1 aliphatic heterocycles. The van der Waals surface area contributed by atoms with Crippen molar-refractivity contribution in [2.24, 2.45) is 0 Å². The van der Waals surface area contributed by atoms with Crippen molar-refractivity contribution in [2.45, 2.75) is 31.8 Å². The Bertz CT molecular complexity index is 736. The first kappa shape index (κ1) is 16.4. The molecule has 1 aromatic carbocycles. The maximum Gasteiger partial charge on any atom is 0.290 e. The maximum absolute atomic E-state index is 11.0. The summed E-state index contributed by atoms with van der Waals surface area (Å²) in [7, 11) is 0. The highest BCUT2D eigenvalue weighted by Crippen LogP contribution is 2.34. The van der Waals surface area contributed by atoms with Gasteiger partial charge >= 0.3 is 0 Å². The van der Waals surface area contributed by atoms with Crippen molar-refractivity contribution >= 4 is 11.5 Å². The molecule has 0 radical (unpaired) electrons. The molecule has 1 fully saturated rings. The lowest BCUT2D eigenvalue weighted by Crippen LogP contribution is -2.29. The summed E-state index contributed by atoms with van der Waals surface area (Å²) in [5.41, 5.74) is 0.570. The van der Waals surface area contributed by atoms with Crippen molar-refractivity contribution in [3.8, 4) is 0 Å². The number of pyridine rings is 1. The van der Waals surface area contributed by atoms with Crippen LogP contribution in [0.3, 0.4) is 0 Å². The summed E-state index contributed by atoms with van der Waals surface area (Å²) in [6.07, 6.45) is 2.14. The van der Waals surface area contributed by atoms with Crippen LogP contribution in [0.25, 0.3) is 0 Å². The Hall–Kier alpha value is -2.47. The Labute approximate surface area is 140 Å². The lowest BCUT2D eigenvalue weighted by atomic mass is 9.87. The van der Waals surface area contributed by atoms with Gasteiger partial charge in [0.2, 0.25) is 0 Å². The second-order valence-electron chi connectivity index (χ2n) is 6.27. The van der Waals surface area contributed by atoms with Gasteiger partial charge in [0.05, 0.1) is 10.5 Å². The first-order valence-electron chi connectivity index (χ1n) is 8.14. The molecular weight excluding hydrogens is 306 g/mol. The quantitative estimate of drug-likeness (QED) is 0.692. The van der Waals surface area contributed by atoms with Gasteiger partial charge in [-0.25, -0.2) is 4.98 Å². The van der Waals surface area contributed by atoms with E-state index >= 15 is 0 Å². The van der Waals surface area contributed by atoms with Crippen LogP contribution in [0.15, 0.2) is 42.5 Å². The molecule has 1 N–H and O–H groups in total. The van der Waals surface area contributed by atoms with E-state index in [2.05, 4.69) is 9.88 Å². The topological polar surface area (TPSA) is 79.5 Å². The molecule has 24 heavy (non-hydrogen) atoms. The summed E-state index contributed by atoms with van der Waals surface area (Å²) in [6, 6.07) is 13.0. The minimum atomic E-state index is -0.828. The van der Waals surface area contributed by atoms with E-state index < -0.39 is 10.5 Å². The maximum atomic E-state index is 11.0. The van der Waals surface area contributed by atoms with Gasteiger partial charge in [-0.05, 0) is 37.8 Å². The minimum absolute atomic E-state index is 0.0364. The number of benzene rings is 1. The second kappa shape index (κ2) is 6.57. The van der Waals surface area contributed by atoms with Gasteiger partial charge in [0.25, 0.3) is 5.69 Å². The van der Waals surface area contributed by atoms with E-state index in [1.165, 1.54) is 6.07 Å². The molecule has 0 saturated carbocycles. The molecule has 6 heteroatoms. The summed E-state index contributed by atoms with van der Waals surface area (Å²) in [5.74, 6) is 0.732. The third kappa shape index (κ3) is 3.23. The van der Waals surface area contributed by atoms with Crippen LogP contribution < -0.4 is 4.90 Å². The number of nitrogens with zero attached hydrogens (tertiary/aromatic N) is 3. The summed E-state index contributed by atoms with van der Waals surface area (Å²) >= 11 is 0. The standard InChI is InChI=1S/C18H21N3O3/c1-14-16(21(23)24)8-9-17(19-14)20-12-5-10-18(22,11-13-20)15-6-3-2-4-7-15/h2-4,6-9,22H,5,10-13H2,1H3. The highest BCUT2D eigenvalue weighted by Gasteiger charge is 2.32. The third-order valence-corrected chi connectivity index (χ3v) is 4.69. The lowest BCUT2D eigenvalue weighted by molar-refractivity contribution is -0.385. The first-order valence-corrected chi connectivity index (χ1v) is 8.14. The summed E-state index contributed by atoms with van der Waals surface area (Å²) in [4.78, 5) is 17.0.